The van der Waals surface area contributed by atoms with Crippen molar-refractivity contribution in [1.82, 2.24) is 9.47 Å². The number of fused-ring (bicyclic) bond motifs is 1. The summed E-state index contributed by atoms with van der Waals surface area (Å²) in [5.41, 5.74) is 2.23. The number of amides is 1. The van der Waals surface area contributed by atoms with Gasteiger partial charge in [0.1, 0.15) is 6.54 Å². The van der Waals surface area contributed by atoms with Crippen LogP contribution >= 0.6 is 11.6 Å². The van der Waals surface area contributed by atoms with Gasteiger partial charge in [-0.1, -0.05) is 24.9 Å². The van der Waals surface area contributed by atoms with E-state index in [2.05, 4.69) is 0 Å². The van der Waals surface area contributed by atoms with Crippen molar-refractivity contribution in [1.29, 1.82) is 0 Å². The largest absolute Gasteiger partial charge is 0.464 e. The fraction of sp³-hybridized carbons (Fsp3) is 0.407. The molecule has 0 saturated carbocycles. The minimum atomic E-state index is -4.17. The number of hydrogen-bond donors (Lipinski definition) is 0. The number of anilines is 1. The third-order valence-corrected chi connectivity index (χ3v) is 8.49. The monoisotopic (exact) mass is 545 g/mol. The van der Waals surface area contributed by atoms with Crippen LogP contribution in [0.2, 0.25) is 5.02 Å². The molecule has 0 spiro atoms. The van der Waals surface area contributed by atoms with Crippen molar-refractivity contribution in [3.63, 3.8) is 0 Å². The number of ether oxygens (including phenoxy) is 1. The maximum Gasteiger partial charge on any atom is 0.326 e. The second-order valence-electron chi connectivity index (χ2n) is 9.40. The predicted molar refractivity (Wildman–Crippen MR) is 145 cm³/mol. The quantitative estimate of drug-likeness (QED) is 0.281. The molecule has 1 saturated heterocycles. The number of unbranched alkanes of at least 4 members (excludes halogenated alkanes) is 1. The predicted octanol–water partition coefficient (Wildman–Crippen LogP) is 4.91. The number of carbonyl (C=O) groups excluding carboxylic acids is 2. The summed E-state index contributed by atoms with van der Waals surface area (Å²) in [4.78, 5) is 27.6. The Morgan fingerprint density at radius 2 is 1.84 bits per heavy atom. The highest BCUT2D eigenvalue weighted by atomic mass is 35.5. The van der Waals surface area contributed by atoms with Crippen LogP contribution in [-0.4, -0.2) is 56.0 Å². The Kier molecular flexibility index (Phi) is 8.14. The summed E-state index contributed by atoms with van der Waals surface area (Å²) in [6.07, 6.45) is 5.29. The minimum Gasteiger partial charge on any atom is -0.464 e. The number of halogens is 1. The number of benzene rings is 2. The van der Waals surface area contributed by atoms with Crippen molar-refractivity contribution in [2.45, 2.75) is 44.4 Å². The summed E-state index contributed by atoms with van der Waals surface area (Å²) in [6.45, 7) is 4.93. The average Bonchev–Trinajstić information content (AvgIpc) is 3.50. The van der Waals surface area contributed by atoms with Crippen LogP contribution in [0.4, 0.5) is 5.69 Å². The van der Waals surface area contributed by atoms with E-state index < -0.39 is 22.5 Å². The maximum atomic E-state index is 13.8. The second-order valence-corrected chi connectivity index (χ2v) is 11.7. The molecule has 1 aliphatic heterocycles. The molecule has 2 aromatic carbocycles. The van der Waals surface area contributed by atoms with Gasteiger partial charge in [0.05, 0.1) is 28.3 Å². The van der Waals surface area contributed by atoms with E-state index in [1.54, 1.807) is 42.0 Å². The first-order valence-corrected chi connectivity index (χ1v) is 14.3. The second kappa shape index (κ2) is 11.1. The van der Waals surface area contributed by atoms with E-state index in [1.165, 1.54) is 12.1 Å². The van der Waals surface area contributed by atoms with Gasteiger partial charge in [-0.15, -0.1) is 0 Å². The Bertz CT molecular complexity index is 1410. The van der Waals surface area contributed by atoms with E-state index in [1.807, 2.05) is 18.9 Å². The summed E-state index contributed by atoms with van der Waals surface area (Å²) in [6, 6.07) is 9.60. The van der Waals surface area contributed by atoms with Crippen LogP contribution in [0.1, 0.15) is 48.5 Å². The van der Waals surface area contributed by atoms with E-state index in [0.717, 1.165) is 42.0 Å². The Labute approximate surface area is 222 Å². The third kappa shape index (κ3) is 5.78. The van der Waals surface area contributed by atoms with Crippen molar-refractivity contribution >= 4 is 50.1 Å². The lowest BCUT2D eigenvalue weighted by atomic mass is 10.1. The van der Waals surface area contributed by atoms with Gasteiger partial charge in [0.15, 0.2) is 0 Å². The molecule has 1 aromatic heterocycles. The highest BCUT2D eigenvalue weighted by molar-refractivity contribution is 7.92. The first-order chi connectivity index (χ1) is 17.6. The fourth-order valence-electron chi connectivity index (χ4n) is 4.58. The molecule has 0 atom stereocenters. The molecule has 1 amide bonds. The van der Waals surface area contributed by atoms with Gasteiger partial charge in [-0.25, -0.2) is 8.42 Å². The molecule has 0 N–H and O–H groups in total. The molecule has 1 aliphatic rings. The lowest BCUT2D eigenvalue weighted by molar-refractivity contribution is -0.141. The van der Waals surface area contributed by atoms with E-state index in [-0.39, 0.29) is 22.4 Å². The van der Waals surface area contributed by atoms with Gasteiger partial charge < -0.3 is 14.2 Å². The molecule has 2 heterocycles. The van der Waals surface area contributed by atoms with Gasteiger partial charge in [0.2, 0.25) is 0 Å². The molecule has 198 valence electrons. The zero-order valence-electron chi connectivity index (χ0n) is 21.4. The van der Waals surface area contributed by atoms with Crippen LogP contribution in [0.3, 0.4) is 0 Å². The molecule has 4 rings (SSSR count). The normalized spacial score (nSPS) is 13.8. The van der Waals surface area contributed by atoms with Crippen LogP contribution in [-0.2, 0) is 26.6 Å². The van der Waals surface area contributed by atoms with Crippen LogP contribution < -0.4 is 4.31 Å². The Morgan fingerprint density at radius 1 is 1.11 bits per heavy atom. The third-order valence-electron chi connectivity index (χ3n) is 6.52. The van der Waals surface area contributed by atoms with E-state index in [9.17, 15) is 18.0 Å². The lowest BCUT2D eigenvalue weighted by Gasteiger charge is -2.24. The summed E-state index contributed by atoms with van der Waals surface area (Å²) >= 11 is 6.17. The zero-order chi connectivity index (χ0) is 26.7. The van der Waals surface area contributed by atoms with Gasteiger partial charge in [-0.3, -0.25) is 13.9 Å². The summed E-state index contributed by atoms with van der Waals surface area (Å²) in [7, 11) is -2.35. The average molecular weight is 546 g/mol. The van der Waals surface area contributed by atoms with Crippen molar-refractivity contribution in [2.24, 2.45) is 7.05 Å². The number of aryl methyl sites for hydroxylation is 2. The van der Waals surface area contributed by atoms with Crippen LogP contribution in [0.5, 0.6) is 0 Å². The smallest absolute Gasteiger partial charge is 0.326 e. The molecular formula is C27H32ClN3O5S. The van der Waals surface area contributed by atoms with Gasteiger partial charge in [0, 0.05) is 36.7 Å². The van der Waals surface area contributed by atoms with Crippen LogP contribution in [0.25, 0.3) is 10.9 Å². The van der Waals surface area contributed by atoms with E-state index >= 15 is 0 Å². The van der Waals surface area contributed by atoms with Crippen LogP contribution in [0.15, 0.2) is 47.5 Å². The maximum absolute atomic E-state index is 13.8. The van der Waals surface area contributed by atoms with Crippen molar-refractivity contribution in [2.75, 3.05) is 30.5 Å². The van der Waals surface area contributed by atoms with Gasteiger partial charge in [-0.05, 0) is 68.1 Å². The summed E-state index contributed by atoms with van der Waals surface area (Å²) < 4.78 is 35.7. The van der Waals surface area contributed by atoms with E-state index in [0.29, 0.717) is 28.8 Å². The Morgan fingerprint density at radius 3 is 2.51 bits per heavy atom. The highest BCUT2D eigenvalue weighted by Gasteiger charge is 2.30. The molecule has 37 heavy (non-hydrogen) atoms. The zero-order valence-corrected chi connectivity index (χ0v) is 22.9. The van der Waals surface area contributed by atoms with Gasteiger partial charge in [-0.2, -0.15) is 0 Å². The van der Waals surface area contributed by atoms with Crippen LogP contribution in [0, 0.1) is 6.92 Å². The molecule has 0 bridgehead atoms. The SMILES string of the molecule is CCCCOC(=O)CN(c1ccc2c(C(=O)N3CCCC3)cn(C)c2c1)S(=O)(=O)c1cc(C)cc(Cl)c1. The number of rotatable bonds is 9. The van der Waals surface area contributed by atoms with E-state index in [4.69, 9.17) is 16.3 Å². The number of sulfonamides is 1. The Balaban J connectivity index is 1.76. The molecule has 10 heteroatoms. The van der Waals surface area contributed by atoms with Crippen molar-refractivity contribution in [3.8, 4) is 0 Å². The van der Waals surface area contributed by atoms with Crippen molar-refractivity contribution in [3.05, 3.63) is 58.7 Å². The van der Waals surface area contributed by atoms with Crippen molar-refractivity contribution < 1.29 is 22.7 Å². The molecule has 8 nitrogen and oxygen atoms in total. The fourth-order valence-corrected chi connectivity index (χ4v) is 6.46. The molecular weight excluding hydrogens is 514 g/mol. The topological polar surface area (TPSA) is 88.9 Å². The molecule has 0 radical (unpaired) electrons. The number of carbonyl (C=O) groups is 2. The number of esters is 1. The molecule has 1 fully saturated rings. The van der Waals surface area contributed by atoms with Gasteiger partial charge in [0.25, 0.3) is 15.9 Å². The first kappa shape index (κ1) is 27.0. The Hall–Kier alpha value is -3.04. The summed E-state index contributed by atoms with van der Waals surface area (Å²) in [5.74, 6) is -0.679. The minimum absolute atomic E-state index is 0.0178. The number of hydrogen-bond acceptors (Lipinski definition) is 5. The molecule has 3 aromatic rings. The summed E-state index contributed by atoms with van der Waals surface area (Å²) in [5, 5.41) is 1.01. The highest BCUT2D eigenvalue weighted by Crippen LogP contribution is 2.31. The molecule has 0 unspecified atom stereocenters. The number of likely N-dealkylation sites (tertiary alicyclic amines) is 1. The lowest BCUT2D eigenvalue weighted by Crippen LogP contribution is -2.36. The number of aromatic nitrogens is 1. The first-order valence-electron chi connectivity index (χ1n) is 12.5. The number of nitrogens with zero attached hydrogens (tertiary/aromatic N) is 3. The molecule has 0 aliphatic carbocycles. The standard InChI is InChI=1S/C27H32ClN3O5S/c1-4-5-12-36-26(32)18-31(37(34,35)22-14-19(2)13-20(28)15-22)21-8-9-23-24(17-29(3)25(23)16-21)27(33)30-10-6-7-11-30/h8-9,13-17H,4-7,10-12,18H2,1-3H3. The van der Waals surface area contributed by atoms with Gasteiger partial charge >= 0.3 is 5.97 Å².